The van der Waals surface area contributed by atoms with E-state index in [2.05, 4.69) is 9.98 Å². The highest BCUT2D eigenvalue weighted by Crippen LogP contribution is 2.40. The Balaban J connectivity index is 2.41. The minimum Gasteiger partial charge on any atom is -0.507 e. The van der Waals surface area contributed by atoms with E-state index in [0.717, 1.165) is 16.8 Å². The van der Waals surface area contributed by atoms with Crippen LogP contribution in [0.15, 0.2) is 34.4 Å². The van der Waals surface area contributed by atoms with Gasteiger partial charge in [0, 0.05) is 53.8 Å². The summed E-state index contributed by atoms with van der Waals surface area (Å²) in [7, 11) is 5.75. The van der Waals surface area contributed by atoms with E-state index in [0.29, 0.717) is 35.0 Å². The third-order valence-corrected chi connectivity index (χ3v) is 5.24. The molecule has 9 heteroatoms. The Morgan fingerprint density at radius 2 is 2.12 bits per heavy atom. The van der Waals surface area contributed by atoms with Crippen molar-refractivity contribution in [2.24, 2.45) is 28.5 Å². The van der Waals surface area contributed by atoms with Crippen LogP contribution in [0.2, 0.25) is 0 Å². The monoisotopic (exact) mass is 438 g/mol. The van der Waals surface area contributed by atoms with E-state index in [1.165, 1.54) is 0 Å². The summed E-state index contributed by atoms with van der Waals surface area (Å²) >= 11 is 0. The molecule has 1 aromatic heterocycles. The number of rotatable bonds is 7. The molecule has 0 fully saturated rings. The number of phenolic OH excluding ortho intramolecular Hbond substituents is 1. The number of aliphatic imine (C=N–C) groups is 2. The molecule has 5 N–H and O–H groups in total. The van der Waals surface area contributed by atoms with E-state index in [9.17, 15) is 9.90 Å². The van der Waals surface area contributed by atoms with Crippen LogP contribution < -0.4 is 11.5 Å². The number of phenols is 1. The van der Waals surface area contributed by atoms with Crippen LogP contribution in [0, 0.1) is 0 Å². The smallest absolute Gasteiger partial charge is 0.340 e. The lowest BCUT2D eigenvalue weighted by Gasteiger charge is -2.13. The van der Waals surface area contributed by atoms with E-state index in [1.54, 1.807) is 19.3 Å². The second-order valence-corrected chi connectivity index (χ2v) is 7.78. The van der Waals surface area contributed by atoms with Crippen molar-refractivity contribution < 1.29 is 14.6 Å². The molecule has 0 aliphatic carbocycles. The summed E-state index contributed by atoms with van der Waals surface area (Å²) in [5.41, 5.74) is 14.9. The fourth-order valence-electron chi connectivity index (χ4n) is 3.84. The lowest BCUT2D eigenvalue weighted by atomic mass is 9.95. The van der Waals surface area contributed by atoms with Crippen molar-refractivity contribution in [1.29, 1.82) is 0 Å². The number of aromatic nitrogens is 1. The van der Waals surface area contributed by atoms with E-state index < -0.39 is 5.97 Å². The number of guanidine groups is 1. The molecule has 32 heavy (non-hydrogen) atoms. The molecule has 2 heterocycles. The zero-order valence-electron chi connectivity index (χ0n) is 18.9. The van der Waals surface area contributed by atoms with Gasteiger partial charge in [0.1, 0.15) is 5.75 Å². The first-order valence-corrected chi connectivity index (χ1v) is 10.4. The Morgan fingerprint density at radius 1 is 1.38 bits per heavy atom. The quantitative estimate of drug-likeness (QED) is 0.345. The van der Waals surface area contributed by atoms with Crippen molar-refractivity contribution in [3.63, 3.8) is 0 Å². The molecule has 0 saturated carbocycles. The minimum absolute atomic E-state index is 0.00894. The van der Waals surface area contributed by atoms with Crippen LogP contribution in [-0.4, -0.2) is 53.4 Å². The molecule has 3 rings (SSSR count). The summed E-state index contributed by atoms with van der Waals surface area (Å²) in [6.07, 6.45) is 8.01. The minimum atomic E-state index is -0.451. The molecule has 2 aromatic rings. The topological polar surface area (TPSA) is 131 Å². The Hall–Kier alpha value is -3.59. The summed E-state index contributed by atoms with van der Waals surface area (Å²) < 4.78 is 7.33. The zero-order chi connectivity index (χ0) is 23.4. The van der Waals surface area contributed by atoms with Crippen molar-refractivity contribution in [3.8, 4) is 5.75 Å². The standard InChI is InChI=1S/C23H30N6O3/c1-5-32-22(31)20-18(13-28(2)3)29(4)17-10-15(14-8-6-7-9-26-11-14)21(30)16(19(17)20)12-27-23(24)25/h7-11,30H,5-6,12-13H2,1-4H3,(H4,24,25,27). The Labute approximate surface area is 187 Å². The van der Waals surface area contributed by atoms with Gasteiger partial charge in [0.25, 0.3) is 0 Å². The van der Waals surface area contributed by atoms with Gasteiger partial charge in [-0.25, -0.2) is 9.79 Å². The molecule has 170 valence electrons. The number of esters is 1. The number of fused-ring (bicyclic) bond motifs is 1. The summed E-state index contributed by atoms with van der Waals surface area (Å²) in [5.74, 6) is -0.549. The van der Waals surface area contributed by atoms with Crippen LogP contribution in [-0.2, 0) is 24.9 Å². The number of aryl methyl sites for hydroxylation is 1. The highest BCUT2D eigenvalue weighted by atomic mass is 16.5. The number of nitrogens with zero attached hydrogens (tertiary/aromatic N) is 4. The Bertz CT molecular complexity index is 1150. The number of carbonyl (C=O) groups is 1. The van der Waals surface area contributed by atoms with E-state index >= 15 is 0 Å². The molecule has 0 spiro atoms. The lowest BCUT2D eigenvalue weighted by Crippen LogP contribution is -2.22. The van der Waals surface area contributed by atoms with Crippen LogP contribution in [0.4, 0.5) is 0 Å². The number of aromatic hydroxyl groups is 1. The average molecular weight is 439 g/mol. The Kier molecular flexibility index (Phi) is 6.99. The largest absolute Gasteiger partial charge is 0.507 e. The average Bonchev–Trinajstić information content (AvgIpc) is 2.90. The predicted octanol–water partition coefficient (Wildman–Crippen LogP) is 2.27. The molecule has 0 bridgehead atoms. The molecule has 0 radical (unpaired) electrons. The summed E-state index contributed by atoms with van der Waals surface area (Å²) in [4.78, 5) is 23.4. The van der Waals surface area contributed by atoms with Gasteiger partial charge in [0.05, 0.1) is 24.2 Å². The van der Waals surface area contributed by atoms with Crippen molar-refractivity contribution in [1.82, 2.24) is 9.47 Å². The second-order valence-electron chi connectivity index (χ2n) is 7.78. The van der Waals surface area contributed by atoms with Gasteiger partial charge in [-0.1, -0.05) is 12.2 Å². The fourth-order valence-corrected chi connectivity index (χ4v) is 3.84. The van der Waals surface area contributed by atoms with Crippen molar-refractivity contribution in [3.05, 3.63) is 46.8 Å². The maximum Gasteiger partial charge on any atom is 0.340 e. The van der Waals surface area contributed by atoms with Gasteiger partial charge >= 0.3 is 5.97 Å². The molecule has 0 unspecified atom stereocenters. The first-order chi connectivity index (χ1) is 15.3. The van der Waals surface area contributed by atoms with Crippen molar-refractivity contribution in [2.45, 2.75) is 26.4 Å². The van der Waals surface area contributed by atoms with Crippen LogP contribution in [0.5, 0.6) is 5.75 Å². The highest BCUT2D eigenvalue weighted by molar-refractivity contribution is 6.15. The Morgan fingerprint density at radius 3 is 2.78 bits per heavy atom. The molecule has 0 amide bonds. The van der Waals surface area contributed by atoms with Crippen LogP contribution >= 0.6 is 0 Å². The van der Waals surface area contributed by atoms with Gasteiger partial charge in [-0.3, -0.25) is 4.99 Å². The number of hydrogen-bond donors (Lipinski definition) is 3. The van der Waals surface area contributed by atoms with Gasteiger partial charge in [-0.15, -0.1) is 0 Å². The van der Waals surface area contributed by atoms with Gasteiger partial charge < -0.3 is 30.8 Å². The third-order valence-electron chi connectivity index (χ3n) is 5.24. The molecular formula is C23H30N6O3. The number of nitrogens with two attached hydrogens (primary N) is 2. The van der Waals surface area contributed by atoms with Crippen molar-refractivity contribution >= 4 is 34.6 Å². The number of hydrogen-bond acceptors (Lipinski definition) is 6. The zero-order valence-corrected chi connectivity index (χ0v) is 18.9. The first kappa shape index (κ1) is 23.1. The van der Waals surface area contributed by atoms with E-state index in [1.807, 2.05) is 48.8 Å². The summed E-state index contributed by atoms with van der Waals surface area (Å²) in [6.45, 7) is 2.51. The molecule has 1 aliphatic rings. The molecule has 9 nitrogen and oxygen atoms in total. The van der Waals surface area contributed by atoms with Gasteiger partial charge in [0.2, 0.25) is 0 Å². The molecule has 0 atom stereocenters. The van der Waals surface area contributed by atoms with Gasteiger partial charge in [-0.2, -0.15) is 0 Å². The van der Waals surface area contributed by atoms with E-state index in [-0.39, 0.29) is 24.9 Å². The van der Waals surface area contributed by atoms with E-state index in [4.69, 9.17) is 16.2 Å². The number of carbonyl (C=O) groups excluding carboxylic acids is 1. The number of ether oxygens (including phenoxy) is 1. The molecule has 1 aliphatic heterocycles. The van der Waals surface area contributed by atoms with Crippen LogP contribution in [0.3, 0.4) is 0 Å². The number of benzene rings is 1. The summed E-state index contributed by atoms with van der Waals surface area (Å²) in [6, 6.07) is 1.87. The lowest BCUT2D eigenvalue weighted by molar-refractivity contribution is 0.0526. The van der Waals surface area contributed by atoms with Crippen molar-refractivity contribution in [2.75, 3.05) is 20.7 Å². The van der Waals surface area contributed by atoms with Gasteiger partial charge in [-0.05, 0) is 33.5 Å². The normalized spacial score (nSPS) is 13.3. The number of allylic oxidation sites excluding steroid dienone is 3. The first-order valence-electron chi connectivity index (χ1n) is 10.4. The maximum atomic E-state index is 13.0. The van der Waals surface area contributed by atoms with Crippen LogP contribution in [0.25, 0.3) is 16.5 Å². The summed E-state index contributed by atoms with van der Waals surface area (Å²) in [5, 5.41) is 11.9. The predicted molar refractivity (Wildman–Crippen MR) is 128 cm³/mol. The fraction of sp³-hybridized carbons (Fsp3) is 0.348. The molecule has 1 aromatic carbocycles. The maximum absolute atomic E-state index is 13.0. The SMILES string of the molecule is CCOC(=O)c1c(CN(C)C)n(C)c2cc(C3=CCC=CN=C3)c(O)c(CN=C(N)N)c12. The third kappa shape index (κ3) is 4.52. The van der Waals surface area contributed by atoms with Gasteiger partial charge in [0.15, 0.2) is 5.96 Å². The highest BCUT2D eigenvalue weighted by Gasteiger charge is 2.28. The second kappa shape index (κ2) is 9.69. The molecular weight excluding hydrogens is 408 g/mol. The molecule has 0 saturated heterocycles. The van der Waals surface area contributed by atoms with Crippen LogP contribution in [0.1, 0.15) is 40.5 Å².